The van der Waals surface area contributed by atoms with E-state index in [0.717, 1.165) is 13.0 Å². The van der Waals surface area contributed by atoms with Crippen LogP contribution in [-0.4, -0.2) is 98.4 Å². The molecule has 1 aliphatic carbocycles. The van der Waals surface area contributed by atoms with Crippen LogP contribution in [0, 0.1) is 23.6 Å². The molecule has 3 atom stereocenters. The zero-order valence-electron chi connectivity index (χ0n) is 24.6. The molecule has 1 saturated carbocycles. The highest BCUT2D eigenvalue weighted by Crippen LogP contribution is 2.40. The van der Waals surface area contributed by atoms with Gasteiger partial charge in [0, 0.05) is 75.3 Å². The molecule has 1 aromatic heterocycles. The van der Waals surface area contributed by atoms with E-state index in [1.165, 1.54) is 37.4 Å². The van der Waals surface area contributed by atoms with Gasteiger partial charge in [0.15, 0.2) is 0 Å². The van der Waals surface area contributed by atoms with E-state index in [4.69, 9.17) is 4.74 Å². The topological polar surface area (TPSA) is 103 Å². The van der Waals surface area contributed by atoms with Crippen molar-refractivity contribution in [3.05, 3.63) is 30.3 Å². The number of carbonyl (C=O) groups is 2. The average molecular weight is 620 g/mol. The number of ether oxygens (including phenoxy) is 1. The standard InChI is InChI=1S/C30H37F4N7O3/c1-39(16-18-2-3-18)20-4-5-41(17-20)26-12-24(31)21(19-13-36-29(37-14-19)40-6-8-44-9-7-40)10-25(26)38-28(43)22-15-35-27(42)11-23(22)30(32,33)34/h10,12-14,18,20,22-23H,2-9,11,15-17H2,1H3,(H,35,42)(H,38,43)/t20-,22?,23?/m1/s1. The number of amides is 2. The third-order valence-corrected chi connectivity index (χ3v) is 9.12. The van der Waals surface area contributed by atoms with Crippen molar-refractivity contribution in [3.8, 4) is 11.1 Å². The zero-order chi connectivity index (χ0) is 31.0. The molecule has 6 rings (SSSR count). The molecule has 0 radical (unpaired) electrons. The molecule has 2 unspecified atom stereocenters. The van der Waals surface area contributed by atoms with E-state index in [2.05, 4.69) is 32.5 Å². The molecule has 0 spiro atoms. The Morgan fingerprint density at radius 3 is 2.52 bits per heavy atom. The zero-order valence-corrected chi connectivity index (χ0v) is 24.6. The predicted octanol–water partition coefficient (Wildman–Crippen LogP) is 3.29. The fraction of sp³-hybridized carbons (Fsp3) is 0.600. The Bertz CT molecular complexity index is 1370. The average Bonchev–Trinajstić information content (AvgIpc) is 3.68. The van der Waals surface area contributed by atoms with Gasteiger partial charge in [0.05, 0.1) is 36.4 Å². The number of carbonyl (C=O) groups excluding carboxylic acids is 2. The number of aromatic nitrogens is 2. The lowest BCUT2D eigenvalue weighted by molar-refractivity contribution is -0.197. The fourth-order valence-electron chi connectivity index (χ4n) is 6.33. The summed E-state index contributed by atoms with van der Waals surface area (Å²) < 4.78 is 62.7. The third-order valence-electron chi connectivity index (χ3n) is 9.12. The molecule has 14 heteroatoms. The maximum absolute atomic E-state index is 15.8. The molecule has 3 aliphatic heterocycles. The monoisotopic (exact) mass is 619 g/mol. The van der Waals surface area contributed by atoms with Crippen molar-refractivity contribution in [2.45, 2.75) is 37.9 Å². The highest BCUT2D eigenvalue weighted by Gasteiger charge is 2.50. The van der Waals surface area contributed by atoms with Crippen LogP contribution in [0.2, 0.25) is 0 Å². The maximum atomic E-state index is 15.8. The van der Waals surface area contributed by atoms with E-state index in [9.17, 15) is 22.8 Å². The summed E-state index contributed by atoms with van der Waals surface area (Å²) in [6.45, 7) is 4.11. The van der Waals surface area contributed by atoms with Gasteiger partial charge in [0.2, 0.25) is 17.8 Å². The summed E-state index contributed by atoms with van der Waals surface area (Å²) in [6, 6.07) is 3.00. The van der Waals surface area contributed by atoms with Crippen LogP contribution in [-0.2, 0) is 14.3 Å². The number of benzene rings is 1. The van der Waals surface area contributed by atoms with Crippen LogP contribution in [0.3, 0.4) is 0 Å². The van der Waals surface area contributed by atoms with Gasteiger partial charge in [-0.2, -0.15) is 13.2 Å². The summed E-state index contributed by atoms with van der Waals surface area (Å²) in [7, 11) is 2.08. The lowest BCUT2D eigenvalue weighted by Gasteiger charge is -2.32. The van der Waals surface area contributed by atoms with Crippen LogP contribution < -0.4 is 20.4 Å². The number of halogens is 4. The van der Waals surface area contributed by atoms with Crippen LogP contribution in [0.5, 0.6) is 0 Å². The first-order valence-electron chi connectivity index (χ1n) is 15.1. The third kappa shape index (κ3) is 6.75. The van der Waals surface area contributed by atoms with E-state index in [1.807, 2.05) is 9.80 Å². The number of nitrogens with one attached hydrogen (secondary N) is 2. The molecule has 4 fully saturated rings. The van der Waals surface area contributed by atoms with E-state index in [-0.39, 0.29) is 17.3 Å². The maximum Gasteiger partial charge on any atom is 0.393 e. The Morgan fingerprint density at radius 2 is 1.84 bits per heavy atom. The molecular formula is C30H37F4N7O3. The largest absolute Gasteiger partial charge is 0.393 e. The summed E-state index contributed by atoms with van der Waals surface area (Å²) in [5, 5.41) is 5.07. The lowest BCUT2D eigenvalue weighted by Crippen LogP contribution is -2.50. The molecule has 238 valence electrons. The van der Waals surface area contributed by atoms with Crippen LogP contribution in [0.15, 0.2) is 24.5 Å². The molecule has 2 aromatic rings. The van der Waals surface area contributed by atoms with Crippen molar-refractivity contribution in [2.24, 2.45) is 17.8 Å². The van der Waals surface area contributed by atoms with Gasteiger partial charge in [-0.3, -0.25) is 9.59 Å². The number of morpholine rings is 1. The van der Waals surface area contributed by atoms with Crippen molar-refractivity contribution in [3.63, 3.8) is 0 Å². The first-order chi connectivity index (χ1) is 21.1. The second kappa shape index (κ2) is 12.5. The molecule has 2 N–H and O–H groups in total. The number of hydrogen-bond donors (Lipinski definition) is 2. The minimum Gasteiger partial charge on any atom is -0.378 e. The summed E-state index contributed by atoms with van der Waals surface area (Å²) >= 11 is 0. The van der Waals surface area contributed by atoms with Gasteiger partial charge in [-0.1, -0.05) is 0 Å². The van der Waals surface area contributed by atoms with Crippen LogP contribution in [0.1, 0.15) is 25.7 Å². The molecule has 0 bridgehead atoms. The van der Waals surface area contributed by atoms with Crippen molar-refractivity contribution in [1.29, 1.82) is 0 Å². The summed E-state index contributed by atoms with van der Waals surface area (Å²) in [4.78, 5) is 40.3. The predicted molar refractivity (Wildman–Crippen MR) is 156 cm³/mol. The number of piperidine rings is 1. The van der Waals surface area contributed by atoms with Gasteiger partial charge in [0.1, 0.15) is 5.82 Å². The Morgan fingerprint density at radius 1 is 1.11 bits per heavy atom. The first kappa shape index (κ1) is 30.5. The highest BCUT2D eigenvalue weighted by molar-refractivity contribution is 5.98. The Kier molecular flexibility index (Phi) is 8.64. The van der Waals surface area contributed by atoms with Gasteiger partial charge in [-0.15, -0.1) is 0 Å². The van der Waals surface area contributed by atoms with Crippen molar-refractivity contribution >= 4 is 29.1 Å². The van der Waals surface area contributed by atoms with Gasteiger partial charge in [0.25, 0.3) is 0 Å². The van der Waals surface area contributed by atoms with Crippen LogP contribution >= 0.6 is 0 Å². The van der Waals surface area contributed by atoms with Gasteiger partial charge < -0.3 is 30.1 Å². The Hall–Kier alpha value is -3.52. The van der Waals surface area contributed by atoms with Crippen molar-refractivity contribution < 1.29 is 31.9 Å². The smallest absolute Gasteiger partial charge is 0.378 e. The SMILES string of the molecule is CN(CC1CC1)[C@@H]1CCN(c2cc(F)c(-c3cnc(N4CCOCC4)nc3)cc2NC(=O)C2CNC(=O)CC2C(F)(F)F)C1. The van der Waals surface area contributed by atoms with Crippen molar-refractivity contribution in [2.75, 3.05) is 74.6 Å². The van der Waals surface area contributed by atoms with E-state index in [1.54, 1.807) is 0 Å². The fourth-order valence-corrected chi connectivity index (χ4v) is 6.33. The van der Waals surface area contributed by atoms with Gasteiger partial charge in [-0.25, -0.2) is 14.4 Å². The Balaban J connectivity index is 1.29. The molecular weight excluding hydrogens is 582 g/mol. The van der Waals surface area contributed by atoms with Crippen molar-refractivity contribution in [1.82, 2.24) is 20.2 Å². The lowest BCUT2D eigenvalue weighted by atomic mass is 9.84. The Labute approximate surface area is 253 Å². The second-order valence-electron chi connectivity index (χ2n) is 12.2. The summed E-state index contributed by atoms with van der Waals surface area (Å²) in [6.07, 6.45) is 0.721. The van der Waals surface area contributed by atoms with Gasteiger partial charge in [-0.05, 0) is 44.4 Å². The molecule has 4 heterocycles. The first-order valence-corrected chi connectivity index (χ1v) is 15.1. The summed E-state index contributed by atoms with van der Waals surface area (Å²) in [5.41, 5.74) is 1.08. The molecule has 1 aromatic carbocycles. The van der Waals surface area contributed by atoms with Crippen LogP contribution in [0.25, 0.3) is 11.1 Å². The van der Waals surface area contributed by atoms with E-state index >= 15 is 4.39 Å². The quantitative estimate of drug-likeness (QED) is 0.435. The number of likely N-dealkylation sites (N-methyl/N-ethyl adjacent to an activating group) is 1. The minimum atomic E-state index is -4.73. The normalized spacial score (nSPS) is 24.5. The molecule has 44 heavy (non-hydrogen) atoms. The second-order valence-corrected chi connectivity index (χ2v) is 12.2. The number of anilines is 3. The molecule has 3 saturated heterocycles. The van der Waals surface area contributed by atoms with E-state index < -0.39 is 48.6 Å². The number of nitrogens with zero attached hydrogens (tertiary/aromatic N) is 5. The number of alkyl halides is 3. The number of hydrogen-bond acceptors (Lipinski definition) is 8. The van der Waals surface area contributed by atoms with Gasteiger partial charge >= 0.3 is 6.18 Å². The molecule has 10 nitrogen and oxygen atoms in total. The van der Waals surface area contributed by atoms with Crippen LogP contribution in [0.4, 0.5) is 34.9 Å². The summed E-state index contributed by atoms with van der Waals surface area (Å²) in [5.74, 6) is -4.65. The number of rotatable bonds is 8. The minimum absolute atomic E-state index is 0.114. The highest BCUT2D eigenvalue weighted by atomic mass is 19.4. The van der Waals surface area contributed by atoms with E-state index in [0.29, 0.717) is 62.5 Å². The molecule has 4 aliphatic rings. The molecule has 2 amide bonds.